The van der Waals surface area contributed by atoms with Crippen LogP contribution in [0.2, 0.25) is 0 Å². The van der Waals surface area contributed by atoms with E-state index in [4.69, 9.17) is 10.8 Å². The number of amides is 1. The number of carbonyl (C=O) groups is 2. The van der Waals surface area contributed by atoms with Gasteiger partial charge in [0.2, 0.25) is 5.91 Å². The van der Waals surface area contributed by atoms with Crippen LogP contribution in [0.1, 0.15) is 12.2 Å². The van der Waals surface area contributed by atoms with Gasteiger partial charge < -0.3 is 20.7 Å². The normalized spacial score (nSPS) is 12.3. The largest absolute Gasteiger partial charge is 0.481 e. The van der Waals surface area contributed by atoms with Crippen molar-refractivity contribution < 1.29 is 14.7 Å². The first kappa shape index (κ1) is 15.1. The molecule has 9 heteroatoms. The van der Waals surface area contributed by atoms with Gasteiger partial charge in [0.05, 0.1) is 24.5 Å². The van der Waals surface area contributed by atoms with Crippen LogP contribution in [-0.2, 0) is 16.1 Å². The van der Waals surface area contributed by atoms with Gasteiger partial charge in [0, 0.05) is 7.05 Å². The van der Waals surface area contributed by atoms with Crippen LogP contribution in [0.4, 0.5) is 0 Å². The summed E-state index contributed by atoms with van der Waals surface area (Å²) < 4.78 is 0.523. The molecule has 0 radical (unpaired) electrons. The molecule has 112 valence electrons. The highest BCUT2D eigenvalue weighted by atomic mass is 32.1. The zero-order valence-corrected chi connectivity index (χ0v) is 12.0. The van der Waals surface area contributed by atoms with Crippen LogP contribution < -0.4 is 11.3 Å². The summed E-state index contributed by atoms with van der Waals surface area (Å²) in [5, 5.41) is 10.4. The van der Waals surface area contributed by atoms with E-state index in [1.165, 1.54) is 23.3 Å². The van der Waals surface area contributed by atoms with Crippen molar-refractivity contribution in [1.29, 1.82) is 0 Å². The predicted molar refractivity (Wildman–Crippen MR) is 76.9 cm³/mol. The molecule has 4 N–H and O–H groups in total. The van der Waals surface area contributed by atoms with Gasteiger partial charge >= 0.3 is 5.97 Å². The van der Waals surface area contributed by atoms with Crippen molar-refractivity contribution in [1.82, 2.24) is 14.9 Å². The number of thiophene rings is 1. The molecule has 2 heterocycles. The third-order valence-electron chi connectivity index (χ3n) is 2.84. The molecule has 1 atom stereocenters. The maximum Gasteiger partial charge on any atom is 0.305 e. The maximum atomic E-state index is 11.9. The number of likely N-dealkylation sites (N-methyl/N-ethyl adjacent to an activating group) is 1. The van der Waals surface area contributed by atoms with E-state index in [-0.39, 0.29) is 12.1 Å². The molecular weight excluding hydrogens is 296 g/mol. The summed E-state index contributed by atoms with van der Waals surface area (Å²) in [5.41, 5.74) is 5.81. The molecule has 0 bridgehead atoms. The number of nitrogens with one attached hydrogen (secondary N) is 1. The number of aromatic nitrogens is 2. The second kappa shape index (κ2) is 6.02. The molecule has 21 heavy (non-hydrogen) atoms. The minimum absolute atomic E-state index is 0.0488. The summed E-state index contributed by atoms with van der Waals surface area (Å²) in [4.78, 5) is 42.3. The number of carbonyl (C=O) groups excluding carboxylic acids is 1. The van der Waals surface area contributed by atoms with E-state index in [1.807, 2.05) is 0 Å². The molecule has 0 saturated carbocycles. The second-order valence-electron chi connectivity index (χ2n) is 4.55. The average molecular weight is 310 g/mol. The first-order valence-corrected chi connectivity index (χ1v) is 6.95. The molecule has 1 unspecified atom stereocenters. The molecule has 2 rings (SSSR count). The number of aromatic amines is 1. The molecule has 0 spiro atoms. The van der Waals surface area contributed by atoms with Crippen molar-refractivity contribution in [3.8, 4) is 0 Å². The topological polar surface area (TPSA) is 129 Å². The fourth-order valence-corrected chi connectivity index (χ4v) is 2.58. The van der Waals surface area contributed by atoms with Crippen molar-refractivity contribution in [3.63, 3.8) is 0 Å². The predicted octanol–water partition coefficient (Wildman–Crippen LogP) is -0.255. The van der Waals surface area contributed by atoms with Crippen molar-refractivity contribution in [2.75, 3.05) is 7.05 Å². The highest BCUT2D eigenvalue weighted by Gasteiger charge is 2.21. The Morgan fingerprint density at radius 1 is 1.57 bits per heavy atom. The lowest BCUT2D eigenvalue weighted by atomic mass is 10.2. The van der Waals surface area contributed by atoms with Gasteiger partial charge in [-0.1, -0.05) is 0 Å². The van der Waals surface area contributed by atoms with Gasteiger partial charge in [-0.15, -0.1) is 11.3 Å². The van der Waals surface area contributed by atoms with Gasteiger partial charge in [-0.25, -0.2) is 4.98 Å². The van der Waals surface area contributed by atoms with Crippen molar-refractivity contribution in [3.05, 3.63) is 27.6 Å². The molecule has 2 aromatic heterocycles. The number of carboxylic acid groups (broad SMARTS) is 1. The third kappa shape index (κ3) is 3.44. The Kier molecular flexibility index (Phi) is 4.34. The van der Waals surface area contributed by atoms with E-state index in [2.05, 4.69) is 9.97 Å². The monoisotopic (exact) mass is 310 g/mol. The van der Waals surface area contributed by atoms with E-state index in [0.717, 1.165) is 0 Å². The highest BCUT2D eigenvalue weighted by molar-refractivity contribution is 7.17. The SMILES string of the molecule is CN(Cc1nc2ccsc2c(=O)[nH]1)C(=O)C(N)CC(=O)O. The molecule has 0 aliphatic heterocycles. The third-order valence-corrected chi connectivity index (χ3v) is 3.74. The first-order chi connectivity index (χ1) is 9.88. The zero-order valence-electron chi connectivity index (χ0n) is 11.2. The number of rotatable bonds is 5. The molecule has 1 amide bonds. The maximum absolute atomic E-state index is 11.9. The summed E-state index contributed by atoms with van der Waals surface area (Å²) in [6.07, 6.45) is -0.448. The lowest BCUT2D eigenvalue weighted by molar-refractivity contribution is -0.141. The average Bonchev–Trinajstić information content (AvgIpc) is 2.85. The van der Waals surface area contributed by atoms with Crippen LogP contribution in [0.15, 0.2) is 16.2 Å². The van der Waals surface area contributed by atoms with E-state index in [0.29, 0.717) is 16.0 Å². The van der Waals surface area contributed by atoms with Crippen LogP contribution >= 0.6 is 11.3 Å². The molecule has 8 nitrogen and oxygen atoms in total. The van der Waals surface area contributed by atoms with Crippen LogP contribution in [0.25, 0.3) is 10.2 Å². The fourth-order valence-electron chi connectivity index (χ4n) is 1.86. The Balaban J connectivity index is 2.13. The molecular formula is C12H14N4O4S. The van der Waals surface area contributed by atoms with Gasteiger partial charge in [-0.05, 0) is 11.4 Å². The number of fused-ring (bicyclic) bond motifs is 1. The summed E-state index contributed by atoms with van der Waals surface area (Å²) in [5.74, 6) is -1.34. The lowest BCUT2D eigenvalue weighted by Gasteiger charge is -2.19. The van der Waals surface area contributed by atoms with Crippen molar-refractivity contribution in [2.45, 2.75) is 19.0 Å². The second-order valence-corrected chi connectivity index (χ2v) is 5.46. The van der Waals surface area contributed by atoms with Crippen LogP contribution in [0, 0.1) is 0 Å². The van der Waals surface area contributed by atoms with E-state index < -0.39 is 24.3 Å². The Morgan fingerprint density at radius 2 is 2.29 bits per heavy atom. The number of carboxylic acids is 1. The number of H-pyrrole nitrogens is 1. The van der Waals surface area contributed by atoms with Gasteiger partial charge in [0.15, 0.2) is 0 Å². The van der Waals surface area contributed by atoms with E-state index in [9.17, 15) is 14.4 Å². The number of nitrogens with zero attached hydrogens (tertiary/aromatic N) is 2. The molecule has 0 fully saturated rings. The minimum atomic E-state index is -1.14. The van der Waals surface area contributed by atoms with Gasteiger partial charge in [-0.2, -0.15) is 0 Å². The van der Waals surface area contributed by atoms with Gasteiger partial charge in [0.1, 0.15) is 10.5 Å². The van der Waals surface area contributed by atoms with Gasteiger partial charge in [0.25, 0.3) is 5.56 Å². The Morgan fingerprint density at radius 3 is 2.95 bits per heavy atom. The quantitative estimate of drug-likeness (QED) is 0.698. The molecule has 0 aliphatic rings. The molecule has 0 aromatic carbocycles. The lowest BCUT2D eigenvalue weighted by Crippen LogP contribution is -2.43. The summed E-state index contributed by atoms with van der Waals surface area (Å²) >= 11 is 1.29. The molecule has 0 aliphatic carbocycles. The van der Waals surface area contributed by atoms with Crippen molar-refractivity contribution in [2.24, 2.45) is 5.73 Å². The summed E-state index contributed by atoms with van der Waals surface area (Å²) in [6.45, 7) is 0.0488. The number of hydrogen-bond acceptors (Lipinski definition) is 6. The Labute approximate surface area is 123 Å². The van der Waals surface area contributed by atoms with Crippen LogP contribution in [0.5, 0.6) is 0 Å². The minimum Gasteiger partial charge on any atom is -0.481 e. The summed E-state index contributed by atoms with van der Waals surface area (Å²) in [6, 6.07) is 0.598. The number of hydrogen-bond donors (Lipinski definition) is 3. The molecule has 0 saturated heterocycles. The van der Waals surface area contributed by atoms with Crippen LogP contribution in [-0.4, -0.2) is 44.9 Å². The fraction of sp³-hybridized carbons (Fsp3) is 0.333. The highest BCUT2D eigenvalue weighted by Crippen LogP contribution is 2.14. The Bertz CT molecular complexity index is 738. The Hall–Kier alpha value is -2.26. The number of nitrogens with two attached hydrogens (primary N) is 1. The van der Waals surface area contributed by atoms with Crippen LogP contribution in [0.3, 0.4) is 0 Å². The van der Waals surface area contributed by atoms with E-state index >= 15 is 0 Å². The smallest absolute Gasteiger partial charge is 0.305 e. The van der Waals surface area contributed by atoms with Crippen molar-refractivity contribution >= 4 is 33.4 Å². The number of aliphatic carboxylic acids is 1. The van der Waals surface area contributed by atoms with Gasteiger partial charge in [-0.3, -0.25) is 14.4 Å². The molecule has 2 aromatic rings. The first-order valence-electron chi connectivity index (χ1n) is 6.07. The standard InChI is InChI=1S/C12H14N4O4S/c1-16(12(20)6(13)4-9(17)18)5-8-14-7-2-3-21-10(7)11(19)15-8/h2-3,6H,4-5,13H2,1H3,(H,17,18)(H,14,15,19). The zero-order chi connectivity index (χ0) is 15.6. The summed E-state index contributed by atoms with van der Waals surface area (Å²) in [7, 11) is 1.47. The van der Waals surface area contributed by atoms with E-state index in [1.54, 1.807) is 11.4 Å².